The topological polar surface area (TPSA) is 108 Å². The van der Waals surface area contributed by atoms with E-state index in [0.717, 1.165) is 13.3 Å². The smallest absolute Gasteiger partial charge is 0.337 e. The van der Waals surface area contributed by atoms with E-state index in [1.165, 1.54) is 0 Å². The van der Waals surface area contributed by atoms with Gasteiger partial charge in [-0.2, -0.15) is 0 Å². The molecule has 1 unspecified atom stereocenters. The van der Waals surface area contributed by atoms with Crippen LogP contribution in [0.3, 0.4) is 0 Å². The second-order valence-corrected chi connectivity index (χ2v) is 4.76. The van der Waals surface area contributed by atoms with Gasteiger partial charge in [0.25, 0.3) is 0 Å². The molecular weight excluding hydrogens is 276 g/mol. The minimum atomic E-state index is -2.01. The Morgan fingerprint density at radius 2 is 2.10 bits per heavy atom. The van der Waals surface area contributed by atoms with Gasteiger partial charge in [-0.25, -0.2) is 9.59 Å². The Balaban J connectivity index is 2.53. The summed E-state index contributed by atoms with van der Waals surface area (Å²) in [5.41, 5.74) is -1.50. The number of urea groups is 1. The van der Waals surface area contributed by atoms with E-state index in [2.05, 4.69) is 10.6 Å². The zero-order valence-electron chi connectivity index (χ0n) is 12.0. The summed E-state index contributed by atoms with van der Waals surface area (Å²) in [5, 5.41) is 23.0. The van der Waals surface area contributed by atoms with Crippen molar-refractivity contribution < 1.29 is 24.5 Å². The van der Waals surface area contributed by atoms with E-state index in [0.29, 0.717) is 18.0 Å². The fourth-order valence-corrected chi connectivity index (χ4v) is 1.39. The van der Waals surface area contributed by atoms with E-state index < -0.39 is 24.1 Å². The number of carboxylic acids is 1. The van der Waals surface area contributed by atoms with Crippen molar-refractivity contribution in [2.24, 2.45) is 0 Å². The molecule has 0 bridgehead atoms. The third-order valence-electron chi connectivity index (χ3n) is 2.62. The van der Waals surface area contributed by atoms with Gasteiger partial charge in [-0.3, -0.25) is 0 Å². The molecule has 1 aromatic carbocycles. The van der Waals surface area contributed by atoms with Crippen molar-refractivity contribution in [2.45, 2.75) is 25.9 Å². The maximum atomic E-state index is 11.6. The first-order chi connectivity index (χ1) is 9.85. The van der Waals surface area contributed by atoms with Crippen LogP contribution >= 0.6 is 0 Å². The molecule has 1 atom stereocenters. The van der Waals surface area contributed by atoms with Gasteiger partial charge >= 0.3 is 12.0 Å². The van der Waals surface area contributed by atoms with Crippen molar-refractivity contribution in [3.05, 3.63) is 24.3 Å². The highest BCUT2D eigenvalue weighted by Gasteiger charge is 2.30. The average molecular weight is 296 g/mol. The molecular formula is C14H20N2O5. The van der Waals surface area contributed by atoms with E-state index in [1.54, 1.807) is 24.3 Å². The highest BCUT2D eigenvalue weighted by atomic mass is 16.5. The van der Waals surface area contributed by atoms with Gasteiger partial charge in [0.15, 0.2) is 5.60 Å². The summed E-state index contributed by atoms with van der Waals surface area (Å²) in [6.07, 6.45) is 0.877. The van der Waals surface area contributed by atoms with Crippen molar-refractivity contribution >= 4 is 17.7 Å². The van der Waals surface area contributed by atoms with Crippen LogP contribution in [0.25, 0.3) is 0 Å². The number of benzene rings is 1. The van der Waals surface area contributed by atoms with Crippen molar-refractivity contribution in [3.8, 4) is 5.75 Å². The summed E-state index contributed by atoms with van der Waals surface area (Å²) in [5.74, 6) is -0.773. The second kappa shape index (κ2) is 7.49. The van der Waals surface area contributed by atoms with Crippen molar-refractivity contribution in [1.29, 1.82) is 0 Å². The Labute approximate surface area is 122 Å². The summed E-state index contributed by atoms with van der Waals surface area (Å²) in [4.78, 5) is 22.3. The van der Waals surface area contributed by atoms with Crippen molar-refractivity contribution in [3.63, 3.8) is 0 Å². The third-order valence-corrected chi connectivity index (χ3v) is 2.62. The quantitative estimate of drug-likeness (QED) is 0.609. The highest BCUT2D eigenvalue weighted by molar-refractivity contribution is 5.90. The number of nitrogens with one attached hydrogen (secondary N) is 2. The Bertz CT molecular complexity index is 502. The molecule has 1 aromatic rings. The highest BCUT2D eigenvalue weighted by Crippen LogP contribution is 2.17. The lowest BCUT2D eigenvalue weighted by Crippen LogP contribution is -2.47. The van der Waals surface area contributed by atoms with Crippen LogP contribution in [0, 0.1) is 0 Å². The summed E-state index contributed by atoms with van der Waals surface area (Å²) >= 11 is 0. The standard InChI is InChI=1S/C14H20N2O5/c1-3-7-21-11-6-4-5-10(8-11)16-13(19)15-9-14(2,20)12(17)18/h4-6,8,20H,3,7,9H2,1-2H3,(H,17,18)(H2,15,16,19). The summed E-state index contributed by atoms with van der Waals surface area (Å²) < 4.78 is 5.43. The predicted molar refractivity (Wildman–Crippen MR) is 77.5 cm³/mol. The third kappa shape index (κ3) is 5.70. The largest absolute Gasteiger partial charge is 0.494 e. The van der Waals surface area contributed by atoms with Gasteiger partial charge in [0.2, 0.25) is 0 Å². The Morgan fingerprint density at radius 3 is 2.71 bits per heavy atom. The van der Waals surface area contributed by atoms with Gasteiger partial charge in [0.05, 0.1) is 13.2 Å². The molecule has 2 amide bonds. The van der Waals surface area contributed by atoms with Crippen LogP contribution in [0.2, 0.25) is 0 Å². The number of carbonyl (C=O) groups is 2. The SMILES string of the molecule is CCCOc1cccc(NC(=O)NCC(C)(O)C(=O)O)c1. The fraction of sp³-hybridized carbons (Fsp3) is 0.429. The number of ether oxygens (including phenoxy) is 1. The van der Waals surface area contributed by atoms with Crippen molar-refractivity contribution in [2.75, 3.05) is 18.5 Å². The number of amides is 2. The first-order valence-electron chi connectivity index (χ1n) is 6.58. The van der Waals surface area contributed by atoms with Gasteiger partial charge < -0.3 is 25.6 Å². The lowest BCUT2D eigenvalue weighted by Gasteiger charge is -2.18. The second-order valence-electron chi connectivity index (χ2n) is 4.76. The molecule has 0 saturated carbocycles. The van der Waals surface area contributed by atoms with E-state index >= 15 is 0 Å². The summed E-state index contributed by atoms with van der Waals surface area (Å²) in [7, 11) is 0. The van der Waals surface area contributed by atoms with Crippen LogP contribution < -0.4 is 15.4 Å². The van der Waals surface area contributed by atoms with Crippen LogP contribution in [0.1, 0.15) is 20.3 Å². The molecule has 0 saturated heterocycles. The predicted octanol–water partition coefficient (Wildman–Crippen LogP) is 1.43. The Kier molecular flexibility index (Phi) is 5.98. The van der Waals surface area contributed by atoms with Gasteiger partial charge in [-0.05, 0) is 25.5 Å². The molecule has 0 spiro atoms. The van der Waals surface area contributed by atoms with E-state index in [-0.39, 0.29) is 0 Å². The molecule has 116 valence electrons. The summed E-state index contributed by atoms with van der Waals surface area (Å²) in [6, 6.07) is 6.23. The maximum Gasteiger partial charge on any atom is 0.337 e. The molecule has 0 aromatic heterocycles. The minimum Gasteiger partial charge on any atom is -0.494 e. The zero-order chi connectivity index (χ0) is 15.9. The lowest BCUT2D eigenvalue weighted by molar-refractivity contribution is -0.155. The lowest BCUT2D eigenvalue weighted by atomic mass is 10.1. The van der Waals surface area contributed by atoms with Crippen LogP contribution in [-0.2, 0) is 4.79 Å². The molecule has 0 heterocycles. The molecule has 0 aliphatic rings. The fourth-order valence-electron chi connectivity index (χ4n) is 1.39. The maximum absolute atomic E-state index is 11.6. The molecule has 0 radical (unpaired) electrons. The van der Waals surface area contributed by atoms with Gasteiger partial charge in [-0.15, -0.1) is 0 Å². The Morgan fingerprint density at radius 1 is 1.38 bits per heavy atom. The zero-order valence-corrected chi connectivity index (χ0v) is 12.0. The van der Waals surface area contributed by atoms with Gasteiger partial charge in [0.1, 0.15) is 5.75 Å². The van der Waals surface area contributed by atoms with Gasteiger partial charge in [0, 0.05) is 11.8 Å². The normalized spacial score (nSPS) is 13.1. The molecule has 4 N–H and O–H groups in total. The molecule has 0 aliphatic heterocycles. The first kappa shape index (κ1) is 16.8. The van der Waals surface area contributed by atoms with Crippen LogP contribution in [0.5, 0.6) is 5.75 Å². The molecule has 7 nitrogen and oxygen atoms in total. The molecule has 0 fully saturated rings. The molecule has 0 aliphatic carbocycles. The molecule has 21 heavy (non-hydrogen) atoms. The van der Waals surface area contributed by atoms with E-state index in [4.69, 9.17) is 9.84 Å². The number of aliphatic hydroxyl groups is 1. The van der Waals surface area contributed by atoms with Crippen LogP contribution in [0.4, 0.5) is 10.5 Å². The number of hydrogen-bond acceptors (Lipinski definition) is 4. The van der Waals surface area contributed by atoms with Gasteiger partial charge in [-0.1, -0.05) is 13.0 Å². The number of carboxylic acid groups (broad SMARTS) is 1. The molecule has 7 heteroatoms. The van der Waals surface area contributed by atoms with E-state index in [9.17, 15) is 14.7 Å². The van der Waals surface area contributed by atoms with Crippen LogP contribution in [0.15, 0.2) is 24.3 Å². The number of hydrogen-bond donors (Lipinski definition) is 4. The first-order valence-corrected chi connectivity index (χ1v) is 6.58. The van der Waals surface area contributed by atoms with Crippen molar-refractivity contribution in [1.82, 2.24) is 5.32 Å². The number of carbonyl (C=O) groups excluding carboxylic acids is 1. The number of anilines is 1. The summed E-state index contributed by atoms with van der Waals surface area (Å²) in [6.45, 7) is 3.27. The average Bonchev–Trinajstić information content (AvgIpc) is 2.43. The van der Waals surface area contributed by atoms with E-state index in [1.807, 2.05) is 6.92 Å². The monoisotopic (exact) mass is 296 g/mol. The van der Waals surface area contributed by atoms with Crippen LogP contribution in [-0.4, -0.2) is 41.0 Å². The number of rotatable bonds is 7. The minimum absolute atomic E-state index is 0.403. The Hall–Kier alpha value is -2.28. The molecule has 1 rings (SSSR count). The number of aliphatic carboxylic acids is 1.